The van der Waals surface area contributed by atoms with E-state index in [1.807, 2.05) is 0 Å². The summed E-state index contributed by atoms with van der Waals surface area (Å²) in [6, 6.07) is 0. The fourth-order valence-corrected chi connectivity index (χ4v) is 2.69. The molecular formula is C11H14O3. The van der Waals surface area contributed by atoms with Gasteiger partial charge < -0.3 is 9.47 Å². The molecule has 3 rings (SSSR count). The van der Waals surface area contributed by atoms with Crippen LogP contribution in [0, 0.1) is 5.92 Å². The smallest absolute Gasteiger partial charge is 0.334 e. The molecular weight excluding hydrogens is 180 g/mol. The van der Waals surface area contributed by atoms with Crippen molar-refractivity contribution in [3.05, 3.63) is 12.2 Å². The summed E-state index contributed by atoms with van der Waals surface area (Å²) in [5.41, 5.74) is 0.629. The molecule has 76 valence electrons. The summed E-state index contributed by atoms with van der Waals surface area (Å²) in [6.07, 6.45) is 5.07. The van der Waals surface area contributed by atoms with Crippen LogP contribution in [0.15, 0.2) is 12.2 Å². The second kappa shape index (κ2) is 2.83. The zero-order chi connectivity index (χ0) is 9.71. The van der Waals surface area contributed by atoms with Gasteiger partial charge in [0.05, 0.1) is 18.1 Å². The molecule has 1 saturated carbocycles. The van der Waals surface area contributed by atoms with Gasteiger partial charge in [0, 0.05) is 5.57 Å². The van der Waals surface area contributed by atoms with Crippen molar-refractivity contribution in [3.8, 4) is 0 Å². The minimum absolute atomic E-state index is 0.0466. The highest BCUT2D eigenvalue weighted by molar-refractivity contribution is 5.91. The van der Waals surface area contributed by atoms with Crippen LogP contribution < -0.4 is 0 Å². The second-order valence-electron chi connectivity index (χ2n) is 4.42. The third-order valence-electron chi connectivity index (χ3n) is 3.53. The summed E-state index contributed by atoms with van der Waals surface area (Å²) in [4.78, 5) is 11.4. The van der Waals surface area contributed by atoms with E-state index in [2.05, 4.69) is 6.58 Å². The van der Waals surface area contributed by atoms with E-state index >= 15 is 0 Å². The van der Waals surface area contributed by atoms with Gasteiger partial charge in [0.15, 0.2) is 0 Å². The minimum atomic E-state index is -0.212. The average Bonchev–Trinajstić information content (AvgIpc) is 2.81. The van der Waals surface area contributed by atoms with Gasteiger partial charge in [0.1, 0.15) is 6.10 Å². The first-order valence-electron chi connectivity index (χ1n) is 5.32. The summed E-state index contributed by atoms with van der Waals surface area (Å²) < 4.78 is 10.9. The number of rotatable bonds is 0. The Morgan fingerprint density at radius 3 is 2.71 bits per heavy atom. The van der Waals surface area contributed by atoms with Gasteiger partial charge in [0.2, 0.25) is 0 Å². The van der Waals surface area contributed by atoms with E-state index in [0.29, 0.717) is 11.7 Å². The van der Waals surface area contributed by atoms with Gasteiger partial charge in [-0.1, -0.05) is 13.0 Å². The molecule has 3 heteroatoms. The zero-order valence-electron chi connectivity index (χ0n) is 8.07. The van der Waals surface area contributed by atoms with Gasteiger partial charge in [-0.05, 0) is 19.3 Å². The molecule has 2 aliphatic heterocycles. The molecule has 3 nitrogen and oxygen atoms in total. The van der Waals surface area contributed by atoms with Crippen molar-refractivity contribution >= 4 is 5.97 Å². The Bertz CT molecular complexity index is 297. The normalized spacial score (nSPS) is 46.0. The van der Waals surface area contributed by atoms with E-state index in [1.165, 1.54) is 6.42 Å². The monoisotopic (exact) mass is 194 g/mol. The maximum atomic E-state index is 11.4. The molecule has 0 spiro atoms. The molecule has 0 radical (unpaired) electrons. The Kier molecular flexibility index (Phi) is 1.71. The number of ether oxygens (including phenoxy) is 2. The van der Waals surface area contributed by atoms with Crippen LogP contribution in [0.1, 0.15) is 25.7 Å². The number of epoxide rings is 1. The number of carbonyl (C=O) groups is 1. The molecule has 4 atom stereocenters. The highest BCUT2D eigenvalue weighted by Crippen LogP contribution is 2.45. The van der Waals surface area contributed by atoms with Crippen LogP contribution in [0.2, 0.25) is 0 Å². The van der Waals surface area contributed by atoms with Crippen LogP contribution in [0.5, 0.6) is 0 Å². The number of hydrogen-bond donors (Lipinski definition) is 0. The molecule has 14 heavy (non-hydrogen) atoms. The number of fused-ring (bicyclic) bond motifs is 3. The molecule has 2 saturated heterocycles. The summed E-state index contributed by atoms with van der Waals surface area (Å²) in [5.74, 6) is -0.0658. The number of hydrogen-bond acceptors (Lipinski definition) is 3. The zero-order valence-corrected chi connectivity index (χ0v) is 8.07. The maximum Gasteiger partial charge on any atom is 0.334 e. The lowest BCUT2D eigenvalue weighted by Crippen LogP contribution is -2.24. The first-order valence-corrected chi connectivity index (χ1v) is 5.32. The van der Waals surface area contributed by atoms with E-state index < -0.39 is 0 Å². The van der Waals surface area contributed by atoms with Crippen molar-refractivity contribution in [1.29, 1.82) is 0 Å². The van der Waals surface area contributed by atoms with Gasteiger partial charge >= 0.3 is 5.97 Å². The predicted molar refractivity (Wildman–Crippen MR) is 49.6 cm³/mol. The third-order valence-corrected chi connectivity index (χ3v) is 3.53. The fraction of sp³-hybridized carbons (Fsp3) is 0.727. The van der Waals surface area contributed by atoms with Crippen molar-refractivity contribution in [1.82, 2.24) is 0 Å². The van der Waals surface area contributed by atoms with E-state index in [0.717, 1.165) is 19.3 Å². The lowest BCUT2D eigenvalue weighted by atomic mass is 9.86. The van der Waals surface area contributed by atoms with Crippen molar-refractivity contribution in [2.75, 3.05) is 0 Å². The standard InChI is InChI=1S/C11H14O3/c1-6-9-7(14-11(6)12)4-2-3-5-8-10(9)13-8/h7-10H,1-5H2/t7-,8-,9+,10+/m1/s1. The topological polar surface area (TPSA) is 38.8 Å². The lowest BCUT2D eigenvalue weighted by Gasteiger charge is -2.17. The maximum absolute atomic E-state index is 11.4. The molecule has 0 N–H and O–H groups in total. The average molecular weight is 194 g/mol. The molecule has 3 fully saturated rings. The second-order valence-corrected chi connectivity index (χ2v) is 4.42. The van der Waals surface area contributed by atoms with Crippen LogP contribution in [0.4, 0.5) is 0 Å². The molecule has 2 heterocycles. The Morgan fingerprint density at radius 1 is 1.21 bits per heavy atom. The number of carbonyl (C=O) groups excluding carboxylic acids is 1. The van der Waals surface area contributed by atoms with Gasteiger partial charge in [-0.15, -0.1) is 0 Å². The molecule has 0 amide bonds. The molecule has 1 aliphatic carbocycles. The SMILES string of the molecule is C=C1C(=O)O[C@@H]2CCCC[C@H]3O[C@@H]3[C@@H]12. The molecule has 0 unspecified atom stereocenters. The third kappa shape index (κ3) is 1.12. The van der Waals surface area contributed by atoms with Gasteiger partial charge in [-0.3, -0.25) is 0 Å². The summed E-state index contributed by atoms with van der Waals surface area (Å²) in [6.45, 7) is 3.81. The van der Waals surface area contributed by atoms with Crippen LogP contribution in [-0.2, 0) is 14.3 Å². The van der Waals surface area contributed by atoms with Gasteiger partial charge in [-0.25, -0.2) is 4.79 Å². The summed E-state index contributed by atoms with van der Waals surface area (Å²) in [7, 11) is 0. The molecule has 0 aromatic carbocycles. The highest BCUT2D eigenvalue weighted by Gasteiger charge is 2.54. The lowest BCUT2D eigenvalue weighted by molar-refractivity contribution is -0.139. The number of esters is 1. The highest BCUT2D eigenvalue weighted by atomic mass is 16.6. The quantitative estimate of drug-likeness (QED) is 0.332. The minimum Gasteiger partial charge on any atom is -0.458 e. The Hall–Kier alpha value is -0.830. The molecule has 0 bridgehead atoms. The predicted octanol–water partition coefficient (Wildman–Crippen LogP) is 1.43. The van der Waals surface area contributed by atoms with E-state index in [-0.39, 0.29) is 24.1 Å². The molecule has 3 aliphatic rings. The van der Waals surface area contributed by atoms with Crippen molar-refractivity contribution < 1.29 is 14.3 Å². The first kappa shape index (κ1) is 8.48. The first-order chi connectivity index (χ1) is 6.77. The fourth-order valence-electron chi connectivity index (χ4n) is 2.69. The van der Waals surface area contributed by atoms with E-state index in [4.69, 9.17) is 9.47 Å². The van der Waals surface area contributed by atoms with E-state index in [9.17, 15) is 4.79 Å². The van der Waals surface area contributed by atoms with Crippen molar-refractivity contribution in [2.24, 2.45) is 5.92 Å². The summed E-state index contributed by atoms with van der Waals surface area (Å²) >= 11 is 0. The summed E-state index contributed by atoms with van der Waals surface area (Å²) in [5, 5.41) is 0. The largest absolute Gasteiger partial charge is 0.458 e. The van der Waals surface area contributed by atoms with Gasteiger partial charge in [0.25, 0.3) is 0 Å². The van der Waals surface area contributed by atoms with Crippen LogP contribution in [-0.4, -0.2) is 24.3 Å². The Labute approximate surface area is 83.1 Å². The van der Waals surface area contributed by atoms with Crippen molar-refractivity contribution in [2.45, 2.75) is 44.0 Å². The van der Waals surface area contributed by atoms with Crippen LogP contribution in [0.25, 0.3) is 0 Å². The molecule has 0 aromatic rings. The van der Waals surface area contributed by atoms with Gasteiger partial charge in [-0.2, -0.15) is 0 Å². The van der Waals surface area contributed by atoms with Crippen LogP contribution >= 0.6 is 0 Å². The van der Waals surface area contributed by atoms with E-state index in [1.54, 1.807) is 0 Å². The van der Waals surface area contributed by atoms with Crippen molar-refractivity contribution in [3.63, 3.8) is 0 Å². The van der Waals surface area contributed by atoms with Crippen LogP contribution in [0.3, 0.4) is 0 Å². The Morgan fingerprint density at radius 2 is 1.93 bits per heavy atom. The molecule has 0 aromatic heterocycles. The Balaban J connectivity index is 1.86.